The molecule has 0 unspecified atom stereocenters. The molecular weight excluding hydrogens is 474 g/mol. The number of rotatable bonds is 5. The molecule has 4 aromatic rings. The first kappa shape index (κ1) is 22.2. The highest BCUT2D eigenvalue weighted by atomic mass is 32.2. The number of hydrogen-bond donors (Lipinski definition) is 1. The summed E-state index contributed by atoms with van der Waals surface area (Å²) in [7, 11) is -2.09. The topological polar surface area (TPSA) is 97.7 Å². The quantitative estimate of drug-likeness (QED) is 0.458. The van der Waals surface area contributed by atoms with Gasteiger partial charge in [-0.15, -0.1) is 0 Å². The van der Waals surface area contributed by atoms with Crippen LogP contribution in [0.25, 0.3) is 10.2 Å². The standard InChI is InChI=1S/C24H21N3O5S2/c1-26-19-12-11-17(13-22(19)33-24(26)29)25-23(28)21-14-27(18-9-5-6-10-20(18)32-21)34(30,31)15-16-7-3-2-4-8-16/h2-13,21H,14-15H2,1H3,(H,25,28)/t21-/m1/s1. The fraction of sp³-hybridized carbons (Fsp3) is 0.167. The second-order valence-electron chi connectivity index (χ2n) is 7.95. The molecule has 5 rings (SSSR count). The summed E-state index contributed by atoms with van der Waals surface area (Å²) in [6, 6.07) is 20.9. The van der Waals surface area contributed by atoms with Crippen molar-refractivity contribution in [3.05, 3.63) is 88.0 Å². The van der Waals surface area contributed by atoms with E-state index < -0.39 is 22.0 Å². The van der Waals surface area contributed by atoms with Crippen molar-refractivity contribution in [3.8, 4) is 5.75 Å². The van der Waals surface area contributed by atoms with Crippen molar-refractivity contribution < 1.29 is 17.9 Å². The Balaban J connectivity index is 1.41. The second kappa shape index (κ2) is 8.62. The zero-order chi connectivity index (χ0) is 23.9. The van der Waals surface area contributed by atoms with E-state index >= 15 is 0 Å². The molecule has 174 valence electrons. The predicted octanol–water partition coefficient (Wildman–Crippen LogP) is 3.34. The Hall–Kier alpha value is -3.63. The number of aryl methyl sites for hydroxylation is 1. The number of carbonyl (C=O) groups is 1. The summed E-state index contributed by atoms with van der Waals surface area (Å²) in [4.78, 5) is 24.9. The molecule has 1 N–H and O–H groups in total. The SMILES string of the molecule is Cn1c(=O)sc2cc(NC(=O)[C@H]3CN(S(=O)(=O)Cc4ccccc4)c4ccccc4O3)ccc21. The third-order valence-electron chi connectivity index (χ3n) is 5.61. The lowest BCUT2D eigenvalue weighted by molar-refractivity contribution is -0.122. The average molecular weight is 496 g/mol. The summed E-state index contributed by atoms with van der Waals surface area (Å²) in [5.74, 6) is -0.348. The highest BCUT2D eigenvalue weighted by Crippen LogP contribution is 2.36. The molecule has 10 heteroatoms. The van der Waals surface area contributed by atoms with E-state index in [0.29, 0.717) is 22.7 Å². The maximum atomic E-state index is 13.3. The van der Waals surface area contributed by atoms with E-state index in [9.17, 15) is 18.0 Å². The summed E-state index contributed by atoms with van der Waals surface area (Å²) in [5.41, 5.74) is 2.33. The maximum absolute atomic E-state index is 13.3. The lowest BCUT2D eigenvalue weighted by Gasteiger charge is -2.34. The number of carbonyl (C=O) groups excluding carboxylic acids is 1. The van der Waals surface area contributed by atoms with Crippen LogP contribution >= 0.6 is 11.3 Å². The fourth-order valence-corrected chi connectivity index (χ4v) is 6.40. The summed E-state index contributed by atoms with van der Waals surface area (Å²) >= 11 is 1.09. The highest BCUT2D eigenvalue weighted by Gasteiger charge is 2.36. The van der Waals surface area contributed by atoms with Gasteiger partial charge in [0.05, 0.1) is 28.2 Å². The Labute approximate surface area is 200 Å². The van der Waals surface area contributed by atoms with Crippen molar-refractivity contribution in [1.82, 2.24) is 4.57 Å². The number of thiazole rings is 1. The smallest absolute Gasteiger partial charge is 0.307 e. The number of fused-ring (bicyclic) bond motifs is 2. The van der Waals surface area contributed by atoms with E-state index in [4.69, 9.17) is 4.74 Å². The first-order chi connectivity index (χ1) is 16.3. The van der Waals surface area contributed by atoms with Gasteiger partial charge in [0, 0.05) is 12.7 Å². The van der Waals surface area contributed by atoms with Gasteiger partial charge in [-0.2, -0.15) is 0 Å². The van der Waals surface area contributed by atoms with Gasteiger partial charge in [-0.1, -0.05) is 53.8 Å². The van der Waals surface area contributed by atoms with Crippen LogP contribution in [-0.4, -0.2) is 31.5 Å². The molecule has 0 aliphatic carbocycles. The first-order valence-electron chi connectivity index (χ1n) is 10.5. The number of para-hydroxylation sites is 2. The molecule has 0 bridgehead atoms. The molecule has 2 heterocycles. The Morgan fingerprint density at radius 2 is 1.82 bits per heavy atom. The molecule has 34 heavy (non-hydrogen) atoms. The summed E-state index contributed by atoms with van der Waals surface area (Å²) in [6.07, 6.45) is -1.05. The van der Waals surface area contributed by atoms with Crippen molar-refractivity contribution in [2.24, 2.45) is 7.05 Å². The van der Waals surface area contributed by atoms with E-state index in [2.05, 4.69) is 5.32 Å². The van der Waals surface area contributed by atoms with Crippen LogP contribution in [0.3, 0.4) is 0 Å². The molecule has 0 saturated heterocycles. The van der Waals surface area contributed by atoms with Gasteiger partial charge in [0.1, 0.15) is 5.75 Å². The van der Waals surface area contributed by atoms with E-state index in [0.717, 1.165) is 21.6 Å². The van der Waals surface area contributed by atoms with Crippen LogP contribution in [0.15, 0.2) is 77.6 Å². The average Bonchev–Trinajstić information content (AvgIpc) is 3.11. The molecular formula is C24H21N3O5S2. The molecule has 1 aliphatic heterocycles. The van der Waals surface area contributed by atoms with Crippen LogP contribution in [-0.2, 0) is 27.6 Å². The summed E-state index contributed by atoms with van der Waals surface area (Å²) < 4.78 is 36.1. The molecule has 1 amide bonds. The van der Waals surface area contributed by atoms with Gasteiger partial charge in [-0.25, -0.2) is 8.42 Å². The molecule has 1 aromatic heterocycles. The van der Waals surface area contributed by atoms with Crippen LogP contribution in [0.2, 0.25) is 0 Å². The van der Waals surface area contributed by atoms with Crippen LogP contribution in [0.4, 0.5) is 11.4 Å². The monoisotopic (exact) mass is 495 g/mol. The number of hydrogen-bond acceptors (Lipinski definition) is 6. The van der Waals surface area contributed by atoms with Gasteiger partial charge < -0.3 is 14.6 Å². The lowest BCUT2D eigenvalue weighted by atomic mass is 10.2. The molecule has 0 fully saturated rings. The Morgan fingerprint density at radius 3 is 2.62 bits per heavy atom. The van der Waals surface area contributed by atoms with Gasteiger partial charge >= 0.3 is 4.87 Å². The summed E-state index contributed by atoms with van der Waals surface area (Å²) in [5, 5.41) is 2.79. The van der Waals surface area contributed by atoms with Gasteiger partial charge in [0.15, 0.2) is 6.10 Å². The van der Waals surface area contributed by atoms with Crippen molar-refractivity contribution in [3.63, 3.8) is 0 Å². The van der Waals surface area contributed by atoms with E-state index in [1.807, 2.05) is 6.07 Å². The van der Waals surface area contributed by atoms with Gasteiger partial charge in [-0.05, 0) is 35.9 Å². The highest BCUT2D eigenvalue weighted by molar-refractivity contribution is 7.92. The molecule has 8 nitrogen and oxygen atoms in total. The zero-order valence-electron chi connectivity index (χ0n) is 18.2. The third kappa shape index (κ3) is 4.17. The molecule has 1 aliphatic rings. The van der Waals surface area contributed by atoms with Crippen molar-refractivity contribution >= 4 is 48.9 Å². The van der Waals surface area contributed by atoms with E-state index in [-0.39, 0.29) is 17.2 Å². The number of sulfonamides is 1. The number of aromatic nitrogens is 1. The Bertz CT molecular complexity index is 1540. The Morgan fingerprint density at radius 1 is 1.09 bits per heavy atom. The van der Waals surface area contributed by atoms with Crippen LogP contribution < -0.4 is 19.2 Å². The number of nitrogens with zero attached hydrogens (tertiary/aromatic N) is 2. The number of amides is 1. The largest absolute Gasteiger partial charge is 0.476 e. The first-order valence-corrected chi connectivity index (χ1v) is 12.9. The fourth-order valence-electron chi connectivity index (χ4n) is 3.90. The van der Waals surface area contributed by atoms with Crippen LogP contribution in [0, 0.1) is 0 Å². The maximum Gasteiger partial charge on any atom is 0.307 e. The van der Waals surface area contributed by atoms with Crippen LogP contribution in [0.1, 0.15) is 5.56 Å². The molecule has 3 aromatic carbocycles. The normalized spacial score (nSPS) is 15.6. The van der Waals surface area contributed by atoms with Gasteiger partial charge in [0.2, 0.25) is 10.0 Å². The minimum absolute atomic E-state index is 0.0926. The van der Waals surface area contributed by atoms with Crippen LogP contribution in [0.5, 0.6) is 5.75 Å². The lowest BCUT2D eigenvalue weighted by Crippen LogP contribution is -2.49. The zero-order valence-corrected chi connectivity index (χ0v) is 19.8. The predicted molar refractivity (Wildman–Crippen MR) is 133 cm³/mol. The van der Waals surface area contributed by atoms with E-state index in [1.165, 1.54) is 4.31 Å². The molecule has 0 spiro atoms. The minimum Gasteiger partial charge on any atom is -0.476 e. The summed E-state index contributed by atoms with van der Waals surface area (Å²) in [6.45, 7) is -0.154. The number of anilines is 2. The number of ether oxygens (including phenoxy) is 1. The van der Waals surface area contributed by atoms with E-state index in [1.54, 1.807) is 78.3 Å². The third-order valence-corrected chi connectivity index (χ3v) is 8.33. The molecule has 0 saturated carbocycles. The molecule has 1 atom stereocenters. The van der Waals surface area contributed by atoms with Gasteiger partial charge in [-0.3, -0.25) is 13.9 Å². The van der Waals surface area contributed by atoms with Gasteiger partial charge in [0.25, 0.3) is 5.91 Å². The van der Waals surface area contributed by atoms with Crippen molar-refractivity contribution in [2.75, 3.05) is 16.2 Å². The minimum atomic E-state index is -3.78. The number of benzene rings is 3. The van der Waals surface area contributed by atoms with Crippen molar-refractivity contribution in [1.29, 1.82) is 0 Å². The molecule has 0 radical (unpaired) electrons. The van der Waals surface area contributed by atoms with Crippen molar-refractivity contribution in [2.45, 2.75) is 11.9 Å². The second-order valence-corrected chi connectivity index (χ2v) is 10.8. The number of nitrogens with one attached hydrogen (secondary N) is 1. The Kier molecular flexibility index (Phi) is 5.62.